The Labute approximate surface area is 257 Å². The molecule has 1 fully saturated rings. The molecule has 0 saturated carbocycles. The topological polar surface area (TPSA) is 124 Å². The molecule has 230 valence electrons. The Balaban J connectivity index is 1.07. The predicted molar refractivity (Wildman–Crippen MR) is 170 cm³/mol. The molecule has 0 aliphatic carbocycles. The molecule has 0 radical (unpaired) electrons. The van der Waals surface area contributed by atoms with Gasteiger partial charge in [-0.25, -0.2) is 14.6 Å². The van der Waals surface area contributed by atoms with Crippen molar-refractivity contribution in [1.29, 1.82) is 0 Å². The van der Waals surface area contributed by atoms with Gasteiger partial charge in [0.25, 0.3) is 0 Å². The normalized spacial score (nSPS) is 13.8. The largest absolute Gasteiger partial charge is 0.477 e. The van der Waals surface area contributed by atoms with Crippen LogP contribution in [0.15, 0.2) is 54.6 Å². The lowest BCUT2D eigenvalue weighted by molar-refractivity contribution is -0.130. The van der Waals surface area contributed by atoms with Gasteiger partial charge in [-0.15, -0.1) is 0 Å². The first-order valence-electron chi connectivity index (χ1n) is 14.8. The van der Waals surface area contributed by atoms with Gasteiger partial charge in [0.1, 0.15) is 11.0 Å². The van der Waals surface area contributed by atoms with Crippen LogP contribution in [-0.2, 0) is 9.53 Å². The fraction of sp³-hybridized carbons (Fsp3) is 0.438. The Kier molecular flexibility index (Phi) is 11.9. The van der Waals surface area contributed by atoms with E-state index in [0.29, 0.717) is 30.3 Å². The zero-order valence-electron chi connectivity index (χ0n) is 24.9. The van der Waals surface area contributed by atoms with Crippen molar-refractivity contribution in [3.8, 4) is 11.1 Å². The zero-order valence-corrected chi connectivity index (χ0v) is 25.7. The molecule has 3 N–H and O–H groups in total. The summed E-state index contributed by atoms with van der Waals surface area (Å²) in [5, 5.41) is 15.8. The van der Waals surface area contributed by atoms with Crippen molar-refractivity contribution >= 4 is 40.1 Å². The second-order valence-electron chi connectivity index (χ2n) is 10.8. The van der Waals surface area contributed by atoms with Gasteiger partial charge in [-0.2, -0.15) is 0 Å². The monoisotopic (exact) mass is 607 g/mol. The standard InChI is InChI=1S/C32H41N5O5S/c1-23-29(30(39)40)43-31(34-23)33-18-10-4-7-15-28(38)36(2)21-22-37-19-16-25(17-20-37)42-32(41)35-27-14-9-8-13-26(27)24-11-5-3-6-12-24/h3,5-6,8-9,11-14,25H,4,7,10,15-22H2,1-2H3,(H,33,34)(H,35,41)(H,39,40). The van der Waals surface area contributed by atoms with Crippen LogP contribution in [0.4, 0.5) is 15.6 Å². The number of ether oxygens (including phenoxy) is 1. The van der Waals surface area contributed by atoms with Gasteiger partial charge < -0.3 is 25.0 Å². The lowest BCUT2D eigenvalue weighted by atomic mass is 10.0. The van der Waals surface area contributed by atoms with Crippen LogP contribution >= 0.6 is 11.3 Å². The van der Waals surface area contributed by atoms with E-state index in [4.69, 9.17) is 9.84 Å². The lowest BCUT2D eigenvalue weighted by Crippen LogP contribution is -2.42. The minimum atomic E-state index is -0.953. The van der Waals surface area contributed by atoms with E-state index >= 15 is 0 Å². The SMILES string of the molecule is Cc1nc(NCCCCCC(=O)N(C)CCN2CCC(OC(=O)Nc3ccccc3-c3ccccc3)CC2)sc1C(=O)O. The number of piperidine rings is 1. The van der Waals surface area contributed by atoms with Gasteiger partial charge in [-0.05, 0) is 44.2 Å². The number of nitrogens with one attached hydrogen (secondary N) is 2. The third-order valence-corrected chi connectivity index (χ3v) is 8.67. The number of aryl methyl sites for hydroxylation is 1. The van der Waals surface area contributed by atoms with E-state index in [9.17, 15) is 14.4 Å². The summed E-state index contributed by atoms with van der Waals surface area (Å²) in [6.45, 7) is 5.48. The molecule has 0 spiro atoms. The van der Waals surface area contributed by atoms with Crippen molar-refractivity contribution in [1.82, 2.24) is 14.8 Å². The molecule has 1 aliphatic heterocycles. The smallest absolute Gasteiger partial charge is 0.411 e. The van der Waals surface area contributed by atoms with E-state index in [1.54, 1.807) is 11.8 Å². The molecule has 1 aliphatic rings. The second kappa shape index (κ2) is 16.0. The summed E-state index contributed by atoms with van der Waals surface area (Å²) >= 11 is 1.15. The highest BCUT2D eigenvalue weighted by molar-refractivity contribution is 7.17. The zero-order chi connectivity index (χ0) is 30.6. The number of carboxylic acid groups (broad SMARTS) is 1. The number of likely N-dealkylation sites (N-methyl/N-ethyl adjacent to an activating group) is 1. The number of aromatic nitrogens is 1. The fourth-order valence-corrected chi connectivity index (χ4v) is 5.88. The molecule has 4 rings (SSSR count). The molecule has 0 atom stereocenters. The van der Waals surface area contributed by atoms with Crippen molar-refractivity contribution in [2.75, 3.05) is 50.4 Å². The number of benzene rings is 2. The van der Waals surface area contributed by atoms with Gasteiger partial charge in [0, 0.05) is 51.8 Å². The van der Waals surface area contributed by atoms with Crippen molar-refractivity contribution in [2.45, 2.75) is 51.6 Å². The van der Waals surface area contributed by atoms with Gasteiger partial charge in [0.15, 0.2) is 5.13 Å². The van der Waals surface area contributed by atoms with Gasteiger partial charge in [0.2, 0.25) is 5.91 Å². The number of hydrogen-bond donors (Lipinski definition) is 3. The molecular formula is C32H41N5O5S. The Morgan fingerprint density at radius 3 is 2.49 bits per heavy atom. The quantitative estimate of drug-likeness (QED) is 0.192. The first kappa shape index (κ1) is 32.0. The number of thiazole rings is 1. The minimum absolute atomic E-state index is 0.132. The van der Waals surface area contributed by atoms with Crippen LogP contribution in [0.25, 0.3) is 11.1 Å². The molecule has 2 aromatic carbocycles. The highest BCUT2D eigenvalue weighted by atomic mass is 32.1. The first-order chi connectivity index (χ1) is 20.8. The number of nitrogens with zero attached hydrogens (tertiary/aromatic N) is 3. The number of aromatic carboxylic acids is 1. The van der Waals surface area contributed by atoms with Gasteiger partial charge in [-0.1, -0.05) is 66.3 Å². The van der Waals surface area contributed by atoms with Gasteiger partial charge >= 0.3 is 12.1 Å². The molecule has 1 saturated heterocycles. The average molecular weight is 608 g/mol. The fourth-order valence-electron chi connectivity index (χ4n) is 5.05. The number of hydrogen-bond acceptors (Lipinski definition) is 8. The number of unbranched alkanes of at least 4 members (excludes halogenated alkanes) is 2. The number of amides is 2. The molecule has 43 heavy (non-hydrogen) atoms. The van der Waals surface area contributed by atoms with Crippen LogP contribution in [0, 0.1) is 6.92 Å². The molecule has 2 heterocycles. The number of rotatable bonds is 14. The third kappa shape index (κ3) is 9.79. The van der Waals surface area contributed by atoms with Crippen LogP contribution < -0.4 is 10.6 Å². The molecule has 0 bridgehead atoms. The maximum atomic E-state index is 12.7. The van der Waals surface area contributed by atoms with E-state index in [0.717, 1.165) is 79.9 Å². The summed E-state index contributed by atoms with van der Waals surface area (Å²) in [7, 11) is 1.85. The molecule has 1 aromatic heterocycles. The molecular weight excluding hydrogens is 566 g/mol. The Bertz CT molecular complexity index is 1360. The maximum Gasteiger partial charge on any atom is 0.411 e. The van der Waals surface area contributed by atoms with Crippen molar-refractivity contribution in [2.24, 2.45) is 0 Å². The average Bonchev–Trinajstić information content (AvgIpc) is 3.39. The van der Waals surface area contributed by atoms with Crippen molar-refractivity contribution < 1.29 is 24.2 Å². The second-order valence-corrected chi connectivity index (χ2v) is 11.8. The highest BCUT2D eigenvalue weighted by Crippen LogP contribution is 2.28. The highest BCUT2D eigenvalue weighted by Gasteiger charge is 2.23. The predicted octanol–water partition coefficient (Wildman–Crippen LogP) is 5.96. The molecule has 0 unspecified atom stereocenters. The van der Waals surface area contributed by atoms with Crippen LogP contribution in [0.1, 0.15) is 53.9 Å². The Hall–Kier alpha value is -3.96. The number of anilines is 2. The Morgan fingerprint density at radius 1 is 1.05 bits per heavy atom. The summed E-state index contributed by atoms with van der Waals surface area (Å²) in [4.78, 5) is 45.0. The summed E-state index contributed by atoms with van der Waals surface area (Å²) in [5.74, 6) is -0.814. The summed E-state index contributed by atoms with van der Waals surface area (Å²) in [5.41, 5.74) is 3.23. The Morgan fingerprint density at radius 2 is 1.77 bits per heavy atom. The molecule has 3 aromatic rings. The maximum absolute atomic E-state index is 12.7. The lowest BCUT2D eigenvalue weighted by Gasteiger charge is -2.32. The molecule has 10 nitrogen and oxygen atoms in total. The molecule has 11 heteroatoms. The summed E-state index contributed by atoms with van der Waals surface area (Å²) in [6.07, 6.45) is 4.06. The number of likely N-dealkylation sites (tertiary alicyclic amines) is 1. The summed E-state index contributed by atoms with van der Waals surface area (Å²) < 4.78 is 5.74. The van der Waals surface area contributed by atoms with Crippen LogP contribution in [-0.4, -0.2) is 83.7 Å². The molecule has 2 amide bonds. The van der Waals surface area contributed by atoms with Crippen molar-refractivity contribution in [3.05, 3.63) is 65.2 Å². The third-order valence-electron chi connectivity index (χ3n) is 7.57. The van der Waals surface area contributed by atoms with Gasteiger partial charge in [-0.3, -0.25) is 10.1 Å². The van der Waals surface area contributed by atoms with E-state index in [2.05, 4.69) is 20.5 Å². The van der Waals surface area contributed by atoms with E-state index < -0.39 is 12.1 Å². The van der Waals surface area contributed by atoms with E-state index in [1.807, 2.05) is 61.6 Å². The van der Waals surface area contributed by atoms with Gasteiger partial charge in [0.05, 0.1) is 11.4 Å². The first-order valence-corrected chi connectivity index (χ1v) is 15.6. The van der Waals surface area contributed by atoms with E-state index in [-0.39, 0.29) is 16.9 Å². The minimum Gasteiger partial charge on any atom is -0.477 e. The summed E-state index contributed by atoms with van der Waals surface area (Å²) in [6, 6.07) is 17.6. The van der Waals surface area contributed by atoms with Crippen LogP contribution in [0.3, 0.4) is 0 Å². The van der Waals surface area contributed by atoms with E-state index in [1.165, 1.54) is 0 Å². The number of carboxylic acids is 1. The number of carbonyl (C=O) groups excluding carboxylic acids is 2. The number of carbonyl (C=O) groups is 3. The van der Waals surface area contributed by atoms with Crippen LogP contribution in [0.5, 0.6) is 0 Å². The number of para-hydroxylation sites is 1. The van der Waals surface area contributed by atoms with Crippen molar-refractivity contribution in [3.63, 3.8) is 0 Å². The van der Waals surface area contributed by atoms with Crippen LogP contribution in [0.2, 0.25) is 0 Å².